The second-order valence-electron chi connectivity index (χ2n) is 6.10. The Morgan fingerprint density at radius 1 is 0.935 bits per heavy atom. The molecule has 11 heteroatoms. The molecule has 168 valence electrons. The number of hydrogen-bond acceptors (Lipinski definition) is 8. The highest BCUT2D eigenvalue weighted by Gasteiger charge is 2.32. The van der Waals surface area contributed by atoms with Crippen molar-refractivity contribution in [3.05, 3.63) is 43.9 Å². The van der Waals surface area contributed by atoms with Gasteiger partial charge in [0, 0.05) is 17.1 Å². The molecule has 1 N–H and O–H groups in total. The highest BCUT2D eigenvalue weighted by molar-refractivity contribution is 9.10. The molecule has 1 amide bonds. The van der Waals surface area contributed by atoms with Gasteiger partial charge in [0.1, 0.15) is 5.56 Å². The van der Waals surface area contributed by atoms with E-state index in [-0.39, 0.29) is 29.4 Å². The Morgan fingerprint density at radius 2 is 1.52 bits per heavy atom. The number of carbonyl (C=O) groups excluding carboxylic acids is 1. The summed E-state index contributed by atoms with van der Waals surface area (Å²) >= 11 is 3.46. The highest BCUT2D eigenvalue weighted by atomic mass is 79.9. The lowest BCUT2D eigenvalue weighted by Crippen LogP contribution is -2.26. The normalized spacial score (nSPS) is 10.3. The lowest BCUT2D eigenvalue weighted by atomic mass is 10.1. The summed E-state index contributed by atoms with van der Waals surface area (Å²) in [6.07, 6.45) is 0.435. The molecule has 0 aliphatic carbocycles. The molecule has 0 unspecified atom stereocenters. The first-order chi connectivity index (χ1) is 14.8. The molecule has 2 rings (SSSR count). The minimum Gasteiger partial charge on any atom is -0.493 e. The Kier molecular flexibility index (Phi) is 8.31. The number of ether oxygens (including phenoxy) is 5. The van der Waals surface area contributed by atoms with Gasteiger partial charge in [-0.3, -0.25) is 14.9 Å². The number of hydrogen-bond donors (Lipinski definition) is 1. The van der Waals surface area contributed by atoms with Gasteiger partial charge in [-0.1, -0.05) is 15.9 Å². The maximum Gasteiger partial charge on any atom is 0.327 e. The quantitative estimate of drug-likeness (QED) is 0.391. The summed E-state index contributed by atoms with van der Waals surface area (Å²) in [5.41, 5.74) is 0.146. The number of nitrogens with one attached hydrogen (secondary N) is 1. The monoisotopic (exact) mass is 498 g/mol. The highest BCUT2D eigenvalue weighted by Crippen LogP contribution is 2.46. The van der Waals surface area contributed by atoms with Crippen molar-refractivity contribution in [2.45, 2.75) is 6.42 Å². The minimum absolute atomic E-state index is 0.0301. The predicted octanol–water partition coefficient (Wildman–Crippen LogP) is 3.37. The van der Waals surface area contributed by atoms with E-state index in [2.05, 4.69) is 21.2 Å². The van der Waals surface area contributed by atoms with Gasteiger partial charge in [-0.05, 0) is 24.1 Å². The first-order valence-electron chi connectivity index (χ1n) is 8.98. The van der Waals surface area contributed by atoms with E-state index in [9.17, 15) is 14.9 Å². The molecule has 0 fully saturated rings. The van der Waals surface area contributed by atoms with Crippen LogP contribution in [0.3, 0.4) is 0 Å². The predicted molar refractivity (Wildman–Crippen MR) is 116 cm³/mol. The first-order valence-corrected chi connectivity index (χ1v) is 9.78. The molecule has 10 nitrogen and oxygen atoms in total. The Bertz CT molecular complexity index is 980. The Hall–Kier alpha value is -3.21. The second kappa shape index (κ2) is 10.7. The van der Waals surface area contributed by atoms with Crippen LogP contribution in [0, 0.1) is 10.1 Å². The fourth-order valence-electron chi connectivity index (χ4n) is 2.99. The van der Waals surface area contributed by atoms with Crippen LogP contribution in [-0.4, -0.2) is 52.9 Å². The zero-order valence-corrected chi connectivity index (χ0v) is 19.3. The van der Waals surface area contributed by atoms with E-state index < -0.39 is 16.5 Å². The molecule has 31 heavy (non-hydrogen) atoms. The smallest absolute Gasteiger partial charge is 0.327 e. The molecular formula is C20H23BrN2O8. The van der Waals surface area contributed by atoms with Gasteiger partial charge in [0.15, 0.2) is 17.2 Å². The summed E-state index contributed by atoms with van der Waals surface area (Å²) in [6, 6.07) is 4.80. The molecular weight excluding hydrogens is 476 g/mol. The van der Waals surface area contributed by atoms with Crippen LogP contribution < -0.4 is 29.0 Å². The Labute approximate surface area is 187 Å². The van der Waals surface area contributed by atoms with E-state index >= 15 is 0 Å². The summed E-state index contributed by atoms with van der Waals surface area (Å²) in [6.45, 7) is 0.209. The number of nitro groups is 1. The molecule has 0 aromatic heterocycles. The van der Waals surface area contributed by atoms with Crippen LogP contribution >= 0.6 is 15.9 Å². The van der Waals surface area contributed by atoms with Crippen LogP contribution in [0.2, 0.25) is 0 Å². The zero-order valence-electron chi connectivity index (χ0n) is 17.7. The number of halogens is 1. The molecule has 2 aromatic carbocycles. The number of nitro benzene ring substituents is 1. The molecule has 0 aliphatic heterocycles. The fourth-order valence-corrected chi connectivity index (χ4v) is 3.51. The van der Waals surface area contributed by atoms with Crippen molar-refractivity contribution in [2.24, 2.45) is 0 Å². The van der Waals surface area contributed by atoms with E-state index in [1.165, 1.54) is 41.6 Å². The van der Waals surface area contributed by atoms with Crippen molar-refractivity contribution in [1.82, 2.24) is 5.32 Å². The van der Waals surface area contributed by atoms with Crippen molar-refractivity contribution < 1.29 is 33.4 Å². The van der Waals surface area contributed by atoms with Crippen molar-refractivity contribution in [1.29, 1.82) is 0 Å². The zero-order chi connectivity index (χ0) is 23.1. The van der Waals surface area contributed by atoms with E-state index in [1.807, 2.05) is 0 Å². The molecule has 0 saturated heterocycles. The number of carbonyl (C=O) groups is 1. The number of methoxy groups -OCH3 is 5. The molecule has 0 radical (unpaired) electrons. The van der Waals surface area contributed by atoms with Crippen molar-refractivity contribution in [3.8, 4) is 28.7 Å². The molecule has 0 atom stereocenters. The fraction of sp³-hybridized carbons (Fsp3) is 0.350. The molecule has 2 aromatic rings. The number of rotatable bonds is 10. The average molecular weight is 499 g/mol. The van der Waals surface area contributed by atoms with Crippen molar-refractivity contribution in [2.75, 3.05) is 42.1 Å². The SMILES string of the molecule is COc1cc(Br)c(CCNC(=O)c2cc(OC)c(OC)c(OC)c2[N+](=O)[O-])cc1OC. The van der Waals surface area contributed by atoms with Crippen LogP contribution in [0.15, 0.2) is 22.7 Å². The minimum atomic E-state index is -0.694. The van der Waals surface area contributed by atoms with E-state index in [0.717, 1.165) is 10.0 Å². The maximum absolute atomic E-state index is 12.8. The van der Waals surface area contributed by atoms with Gasteiger partial charge in [0.05, 0.1) is 40.5 Å². The Balaban J connectivity index is 2.29. The molecule has 0 aliphatic rings. The lowest BCUT2D eigenvalue weighted by Gasteiger charge is -2.15. The van der Waals surface area contributed by atoms with Crippen molar-refractivity contribution in [3.63, 3.8) is 0 Å². The number of benzene rings is 2. The standard InChI is InChI=1S/C20H23BrN2O8/c1-27-14-8-11(13(21)10-15(14)28-2)6-7-22-20(24)12-9-16(29-3)18(30-4)19(31-5)17(12)23(25)26/h8-10H,6-7H2,1-5H3,(H,22,24). The lowest BCUT2D eigenvalue weighted by molar-refractivity contribution is -0.386. The van der Waals surface area contributed by atoms with E-state index in [1.54, 1.807) is 12.1 Å². The van der Waals surface area contributed by atoms with Gasteiger partial charge in [0.2, 0.25) is 11.5 Å². The topological polar surface area (TPSA) is 118 Å². The molecule has 0 heterocycles. The Morgan fingerprint density at radius 3 is 2.03 bits per heavy atom. The van der Waals surface area contributed by atoms with Crippen LogP contribution in [0.25, 0.3) is 0 Å². The number of nitrogens with zero attached hydrogens (tertiary/aromatic N) is 1. The molecule has 0 spiro atoms. The van der Waals surface area contributed by atoms with Gasteiger partial charge in [-0.15, -0.1) is 0 Å². The van der Waals surface area contributed by atoms with E-state index in [0.29, 0.717) is 17.9 Å². The summed E-state index contributed by atoms with van der Waals surface area (Å²) in [5.74, 6) is 0.435. The van der Waals surface area contributed by atoms with Crippen LogP contribution in [-0.2, 0) is 6.42 Å². The largest absolute Gasteiger partial charge is 0.493 e. The average Bonchev–Trinajstić information content (AvgIpc) is 2.77. The van der Waals surface area contributed by atoms with Crippen LogP contribution in [0.4, 0.5) is 5.69 Å². The summed E-state index contributed by atoms with van der Waals surface area (Å²) in [5, 5.41) is 14.3. The third-order valence-corrected chi connectivity index (χ3v) is 5.20. The summed E-state index contributed by atoms with van der Waals surface area (Å²) in [7, 11) is 7.00. The van der Waals surface area contributed by atoms with Crippen molar-refractivity contribution >= 4 is 27.5 Å². The summed E-state index contributed by atoms with van der Waals surface area (Å²) < 4.78 is 26.8. The van der Waals surface area contributed by atoms with E-state index in [4.69, 9.17) is 23.7 Å². The summed E-state index contributed by atoms with van der Waals surface area (Å²) in [4.78, 5) is 23.7. The van der Waals surface area contributed by atoms with Gasteiger partial charge in [-0.2, -0.15) is 0 Å². The number of amides is 1. The maximum atomic E-state index is 12.8. The molecule has 0 bridgehead atoms. The van der Waals surface area contributed by atoms with Gasteiger partial charge in [-0.25, -0.2) is 0 Å². The molecule has 0 saturated carbocycles. The van der Waals surface area contributed by atoms with Gasteiger partial charge < -0.3 is 29.0 Å². The third-order valence-electron chi connectivity index (χ3n) is 4.46. The first kappa shape index (κ1) is 24.1. The van der Waals surface area contributed by atoms with Crippen LogP contribution in [0.1, 0.15) is 15.9 Å². The second-order valence-corrected chi connectivity index (χ2v) is 6.96. The van der Waals surface area contributed by atoms with Crippen LogP contribution in [0.5, 0.6) is 28.7 Å². The van der Waals surface area contributed by atoms with Gasteiger partial charge >= 0.3 is 5.69 Å². The third kappa shape index (κ3) is 5.10. The van der Waals surface area contributed by atoms with Gasteiger partial charge in [0.25, 0.3) is 5.91 Å².